The molecule has 0 spiro atoms. The van der Waals surface area contributed by atoms with Crippen LogP contribution in [0.25, 0.3) is 0 Å². The van der Waals surface area contributed by atoms with E-state index in [-0.39, 0.29) is 6.04 Å². The molecule has 1 aliphatic heterocycles. The average Bonchev–Trinajstić information content (AvgIpc) is 3.14. The number of guanidine groups is 1. The number of methoxy groups -OCH3 is 1. The molecule has 8 nitrogen and oxygen atoms in total. The molecule has 0 radical (unpaired) electrons. The smallest absolute Gasteiger partial charge is 0.191 e. The molecule has 2 heterocycles. The molecule has 2 aromatic rings. The Hall–Kier alpha value is -2.61. The summed E-state index contributed by atoms with van der Waals surface area (Å²) in [6.45, 7) is 7.73. The first-order chi connectivity index (χ1) is 14.7. The largest absolute Gasteiger partial charge is 0.494 e. The minimum absolute atomic E-state index is 0.289. The molecule has 164 valence electrons. The molecule has 0 fully saturated rings. The van der Waals surface area contributed by atoms with Crippen LogP contribution in [-0.2, 0) is 24.3 Å². The van der Waals surface area contributed by atoms with Crippen molar-refractivity contribution >= 4 is 5.96 Å². The van der Waals surface area contributed by atoms with Crippen LogP contribution in [0.5, 0.6) is 5.75 Å². The molecule has 0 aliphatic carbocycles. The molecular formula is C22H34N6O2. The number of ether oxygens (including phenoxy) is 2. The van der Waals surface area contributed by atoms with E-state index in [2.05, 4.69) is 46.7 Å². The van der Waals surface area contributed by atoms with E-state index in [1.54, 1.807) is 7.11 Å². The first kappa shape index (κ1) is 22.1. The van der Waals surface area contributed by atoms with E-state index in [1.807, 2.05) is 16.8 Å². The van der Waals surface area contributed by atoms with Crippen LogP contribution in [0.15, 0.2) is 29.3 Å². The topological polar surface area (TPSA) is 85.6 Å². The lowest BCUT2D eigenvalue weighted by atomic mass is 10.1. The first-order valence-corrected chi connectivity index (χ1v) is 10.8. The fourth-order valence-electron chi connectivity index (χ4n) is 3.41. The Morgan fingerprint density at radius 3 is 2.87 bits per heavy atom. The number of hydrogen-bond acceptors (Lipinski definition) is 5. The van der Waals surface area contributed by atoms with Crippen LogP contribution >= 0.6 is 0 Å². The Labute approximate surface area is 179 Å². The highest BCUT2D eigenvalue weighted by molar-refractivity contribution is 5.80. The fourth-order valence-corrected chi connectivity index (χ4v) is 3.41. The van der Waals surface area contributed by atoms with Gasteiger partial charge in [-0.2, -0.15) is 5.10 Å². The molecule has 0 bridgehead atoms. The van der Waals surface area contributed by atoms with Gasteiger partial charge in [0.05, 0.1) is 13.2 Å². The van der Waals surface area contributed by atoms with E-state index >= 15 is 0 Å². The third-order valence-corrected chi connectivity index (χ3v) is 4.97. The van der Waals surface area contributed by atoms with Crippen molar-refractivity contribution in [2.24, 2.45) is 4.99 Å². The lowest BCUT2D eigenvalue weighted by Gasteiger charge is -2.25. The van der Waals surface area contributed by atoms with Gasteiger partial charge in [-0.3, -0.25) is 4.99 Å². The van der Waals surface area contributed by atoms with Gasteiger partial charge in [-0.1, -0.05) is 17.7 Å². The monoisotopic (exact) mass is 414 g/mol. The number of benzene rings is 1. The standard InChI is InChI=1S/C22H34N6O2/c1-4-23-22(24-13-5-6-14-30-19-10-7-17(2)8-11-19)25-18-9-12-21-26-20(16-29-3)27-28(21)15-18/h7-8,10-11,18H,4-6,9,12-16H2,1-3H3,(H2,23,24,25). The van der Waals surface area contributed by atoms with Gasteiger partial charge in [0.25, 0.3) is 0 Å². The zero-order chi connectivity index (χ0) is 21.2. The van der Waals surface area contributed by atoms with Crippen LogP contribution in [0.4, 0.5) is 0 Å². The fraction of sp³-hybridized carbons (Fsp3) is 0.591. The molecule has 3 rings (SSSR count). The lowest BCUT2D eigenvalue weighted by Crippen LogP contribution is -2.47. The van der Waals surface area contributed by atoms with E-state index in [1.165, 1.54) is 5.56 Å². The maximum atomic E-state index is 5.79. The van der Waals surface area contributed by atoms with E-state index in [0.29, 0.717) is 13.2 Å². The number of nitrogens with zero attached hydrogens (tertiary/aromatic N) is 4. The Kier molecular flexibility index (Phi) is 8.50. The zero-order valence-corrected chi connectivity index (χ0v) is 18.4. The summed E-state index contributed by atoms with van der Waals surface area (Å²) in [7, 11) is 1.66. The van der Waals surface area contributed by atoms with Crippen LogP contribution in [0.2, 0.25) is 0 Å². The van der Waals surface area contributed by atoms with Crippen LogP contribution in [-0.4, -0.2) is 53.6 Å². The Bertz CT molecular complexity index is 802. The van der Waals surface area contributed by atoms with Crippen molar-refractivity contribution in [1.29, 1.82) is 0 Å². The van der Waals surface area contributed by atoms with Crippen molar-refractivity contribution < 1.29 is 9.47 Å². The third-order valence-electron chi connectivity index (χ3n) is 4.97. The highest BCUT2D eigenvalue weighted by Gasteiger charge is 2.22. The molecule has 0 saturated heterocycles. The molecule has 0 amide bonds. The maximum Gasteiger partial charge on any atom is 0.191 e. The molecule has 8 heteroatoms. The molecule has 1 unspecified atom stereocenters. The van der Waals surface area contributed by atoms with Gasteiger partial charge in [0.2, 0.25) is 0 Å². The van der Waals surface area contributed by atoms with Crippen molar-refractivity contribution in [3.05, 3.63) is 41.5 Å². The average molecular weight is 415 g/mol. The van der Waals surface area contributed by atoms with Gasteiger partial charge in [0.1, 0.15) is 18.2 Å². The van der Waals surface area contributed by atoms with Gasteiger partial charge in [-0.25, -0.2) is 9.67 Å². The molecular weight excluding hydrogens is 380 g/mol. The molecule has 1 aliphatic rings. The summed E-state index contributed by atoms with van der Waals surface area (Å²) in [4.78, 5) is 9.26. The summed E-state index contributed by atoms with van der Waals surface area (Å²) < 4.78 is 12.9. The van der Waals surface area contributed by atoms with E-state index in [4.69, 9.17) is 14.5 Å². The van der Waals surface area contributed by atoms with Gasteiger partial charge in [0.15, 0.2) is 11.8 Å². The number of fused-ring (bicyclic) bond motifs is 1. The molecule has 1 atom stereocenters. The summed E-state index contributed by atoms with van der Waals surface area (Å²) in [5, 5.41) is 11.4. The zero-order valence-electron chi connectivity index (χ0n) is 18.4. The summed E-state index contributed by atoms with van der Waals surface area (Å²) in [5.74, 6) is 3.58. The highest BCUT2D eigenvalue weighted by atomic mass is 16.5. The van der Waals surface area contributed by atoms with E-state index in [9.17, 15) is 0 Å². The number of nitrogens with one attached hydrogen (secondary N) is 2. The lowest BCUT2D eigenvalue weighted by molar-refractivity contribution is 0.177. The number of hydrogen-bond donors (Lipinski definition) is 2. The second-order valence-corrected chi connectivity index (χ2v) is 7.57. The third kappa shape index (κ3) is 6.73. The van der Waals surface area contributed by atoms with Crippen LogP contribution in [0.1, 0.15) is 43.4 Å². The van der Waals surface area contributed by atoms with Crippen molar-refractivity contribution in [1.82, 2.24) is 25.4 Å². The van der Waals surface area contributed by atoms with Crippen molar-refractivity contribution in [3.8, 4) is 5.75 Å². The molecule has 1 aromatic heterocycles. The number of aromatic nitrogens is 3. The minimum Gasteiger partial charge on any atom is -0.494 e. The van der Waals surface area contributed by atoms with Crippen LogP contribution in [0.3, 0.4) is 0 Å². The maximum absolute atomic E-state index is 5.79. The van der Waals surface area contributed by atoms with Gasteiger partial charge in [-0.15, -0.1) is 0 Å². The summed E-state index contributed by atoms with van der Waals surface area (Å²) in [5.41, 5.74) is 1.24. The van der Waals surface area contributed by atoms with Gasteiger partial charge in [0, 0.05) is 32.7 Å². The molecule has 30 heavy (non-hydrogen) atoms. The predicted molar refractivity (Wildman–Crippen MR) is 118 cm³/mol. The number of unbranched alkanes of at least 4 members (excludes halogenated alkanes) is 1. The predicted octanol–water partition coefficient (Wildman–Crippen LogP) is 2.46. The second-order valence-electron chi connectivity index (χ2n) is 7.57. The first-order valence-electron chi connectivity index (χ1n) is 10.8. The van der Waals surface area contributed by atoms with Gasteiger partial charge >= 0.3 is 0 Å². The SMILES string of the molecule is CCNC(=NCCCCOc1ccc(C)cc1)NC1CCc2nc(COC)nn2C1. The van der Waals surface area contributed by atoms with Crippen molar-refractivity contribution in [2.75, 3.05) is 26.8 Å². The normalized spacial score (nSPS) is 16.2. The number of rotatable bonds is 10. The van der Waals surface area contributed by atoms with Crippen LogP contribution in [0, 0.1) is 6.92 Å². The number of aryl methyl sites for hydroxylation is 2. The summed E-state index contributed by atoms with van der Waals surface area (Å²) >= 11 is 0. The summed E-state index contributed by atoms with van der Waals surface area (Å²) in [6, 6.07) is 8.46. The van der Waals surface area contributed by atoms with Crippen LogP contribution < -0.4 is 15.4 Å². The Morgan fingerprint density at radius 2 is 2.10 bits per heavy atom. The number of aliphatic imine (C=N–C) groups is 1. The molecule has 2 N–H and O–H groups in total. The highest BCUT2D eigenvalue weighted by Crippen LogP contribution is 2.14. The van der Waals surface area contributed by atoms with Gasteiger partial charge < -0.3 is 20.1 Å². The minimum atomic E-state index is 0.289. The second kappa shape index (κ2) is 11.5. The van der Waals surface area contributed by atoms with E-state index in [0.717, 1.165) is 68.7 Å². The quantitative estimate of drug-likeness (QED) is 0.353. The van der Waals surface area contributed by atoms with Crippen molar-refractivity contribution in [3.63, 3.8) is 0 Å². The Balaban J connectivity index is 1.41. The molecule has 1 aromatic carbocycles. The van der Waals surface area contributed by atoms with Gasteiger partial charge in [-0.05, 0) is 45.2 Å². The molecule has 0 saturated carbocycles. The Morgan fingerprint density at radius 1 is 1.27 bits per heavy atom. The van der Waals surface area contributed by atoms with Crippen molar-refractivity contribution in [2.45, 2.75) is 58.7 Å². The van der Waals surface area contributed by atoms with E-state index < -0.39 is 0 Å². The summed E-state index contributed by atoms with van der Waals surface area (Å²) in [6.07, 6.45) is 3.88.